The highest BCUT2D eigenvalue weighted by Crippen LogP contribution is 2.41. The maximum absolute atomic E-state index is 13.5. The van der Waals surface area contributed by atoms with Crippen LogP contribution in [0.1, 0.15) is 24.8 Å². The van der Waals surface area contributed by atoms with Gasteiger partial charge in [-0.1, -0.05) is 17.7 Å². The molecular weight excluding hydrogens is 265 g/mol. The highest BCUT2D eigenvalue weighted by Gasteiger charge is 2.43. The van der Waals surface area contributed by atoms with E-state index in [4.69, 9.17) is 16.3 Å². The van der Waals surface area contributed by atoms with Gasteiger partial charge in [-0.3, -0.25) is 0 Å². The van der Waals surface area contributed by atoms with E-state index >= 15 is 0 Å². The largest absolute Gasteiger partial charge is 0.375 e. The summed E-state index contributed by atoms with van der Waals surface area (Å²) in [6, 6.07) is 5.43. The van der Waals surface area contributed by atoms with E-state index in [1.54, 1.807) is 12.1 Å². The van der Waals surface area contributed by atoms with Crippen molar-refractivity contribution in [3.8, 4) is 0 Å². The summed E-state index contributed by atoms with van der Waals surface area (Å²) in [7, 11) is 1.98. The number of hydrogen-bond donors (Lipinski definition) is 1. The van der Waals surface area contributed by atoms with E-state index in [-0.39, 0.29) is 10.8 Å². The third kappa shape index (κ3) is 2.64. The second-order valence-electron chi connectivity index (χ2n) is 5.62. The molecule has 2 bridgehead atoms. The van der Waals surface area contributed by atoms with Crippen molar-refractivity contribution in [2.75, 3.05) is 7.05 Å². The van der Waals surface area contributed by atoms with E-state index in [9.17, 15) is 4.39 Å². The van der Waals surface area contributed by atoms with Crippen LogP contribution in [-0.4, -0.2) is 25.3 Å². The van der Waals surface area contributed by atoms with Crippen molar-refractivity contribution >= 4 is 11.6 Å². The molecule has 3 rings (SSSR count). The zero-order chi connectivity index (χ0) is 13.4. The number of nitrogens with one attached hydrogen (secondary N) is 1. The van der Waals surface area contributed by atoms with Crippen LogP contribution in [0.3, 0.4) is 0 Å². The first kappa shape index (κ1) is 13.3. The Kier molecular flexibility index (Phi) is 3.79. The van der Waals surface area contributed by atoms with E-state index in [0.717, 1.165) is 18.4 Å². The fraction of sp³-hybridized carbons (Fsp3) is 0.600. The Morgan fingerprint density at radius 3 is 2.89 bits per heavy atom. The lowest BCUT2D eigenvalue weighted by Gasteiger charge is -2.28. The smallest absolute Gasteiger partial charge is 0.142 e. The Balaban J connectivity index is 1.71. The molecule has 2 aliphatic heterocycles. The van der Waals surface area contributed by atoms with Crippen LogP contribution in [0.15, 0.2) is 18.2 Å². The Bertz CT molecular complexity index is 467. The van der Waals surface area contributed by atoms with Gasteiger partial charge in [0.1, 0.15) is 5.82 Å². The number of rotatable bonds is 4. The Morgan fingerprint density at radius 1 is 1.47 bits per heavy atom. The molecule has 0 spiro atoms. The van der Waals surface area contributed by atoms with Crippen LogP contribution in [0.2, 0.25) is 5.02 Å². The summed E-state index contributed by atoms with van der Waals surface area (Å²) in [4.78, 5) is 0. The molecular formula is C15H19ClFNO. The van der Waals surface area contributed by atoms with Crippen LogP contribution in [0.5, 0.6) is 0 Å². The zero-order valence-corrected chi connectivity index (χ0v) is 11.8. The molecule has 0 amide bonds. The first-order valence-electron chi connectivity index (χ1n) is 6.94. The van der Waals surface area contributed by atoms with Gasteiger partial charge in [-0.25, -0.2) is 4.39 Å². The second kappa shape index (κ2) is 5.39. The van der Waals surface area contributed by atoms with E-state index in [2.05, 4.69) is 5.32 Å². The molecule has 2 aliphatic rings. The highest BCUT2D eigenvalue weighted by molar-refractivity contribution is 6.30. The van der Waals surface area contributed by atoms with Gasteiger partial charge in [0, 0.05) is 12.0 Å². The molecule has 2 saturated heterocycles. The monoisotopic (exact) mass is 283 g/mol. The van der Waals surface area contributed by atoms with Crippen molar-refractivity contribution in [3.05, 3.63) is 34.6 Å². The van der Waals surface area contributed by atoms with Crippen molar-refractivity contribution in [2.45, 2.75) is 43.9 Å². The van der Waals surface area contributed by atoms with Gasteiger partial charge in [0.15, 0.2) is 0 Å². The molecule has 0 radical (unpaired) electrons. The first-order chi connectivity index (χ1) is 9.17. The van der Waals surface area contributed by atoms with Gasteiger partial charge in [0.2, 0.25) is 0 Å². The molecule has 19 heavy (non-hydrogen) atoms. The summed E-state index contributed by atoms with van der Waals surface area (Å²) in [6.45, 7) is 0. The topological polar surface area (TPSA) is 21.3 Å². The molecule has 4 atom stereocenters. The summed E-state index contributed by atoms with van der Waals surface area (Å²) in [5.74, 6) is 0.209. The minimum Gasteiger partial charge on any atom is -0.375 e. The van der Waals surface area contributed by atoms with E-state index in [1.807, 2.05) is 13.1 Å². The molecule has 1 N–H and O–H groups in total. The number of fused-ring (bicyclic) bond motifs is 2. The summed E-state index contributed by atoms with van der Waals surface area (Å²) in [5.41, 5.74) is 0.990. The van der Waals surface area contributed by atoms with Crippen LogP contribution in [0.4, 0.5) is 4.39 Å². The molecule has 0 saturated carbocycles. The van der Waals surface area contributed by atoms with E-state index in [0.29, 0.717) is 24.2 Å². The fourth-order valence-electron chi connectivity index (χ4n) is 3.49. The van der Waals surface area contributed by atoms with Gasteiger partial charge in [0.25, 0.3) is 0 Å². The van der Waals surface area contributed by atoms with E-state index < -0.39 is 0 Å². The minimum absolute atomic E-state index is 0.188. The predicted molar refractivity (Wildman–Crippen MR) is 74.0 cm³/mol. The van der Waals surface area contributed by atoms with Crippen LogP contribution < -0.4 is 5.32 Å². The van der Waals surface area contributed by atoms with Crippen LogP contribution in [0.25, 0.3) is 0 Å². The lowest BCUT2D eigenvalue weighted by Crippen LogP contribution is -2.40. The normalized spacial score (nSPS) is 30.8. The molecule has 104 valence electrons. The molecule has 2 fully saturated rings. The summed E-state index contributed by atoms with van der Waals surface area (Å²) < 4.78 is 19.4. The van der Waals surface area contributed by atoms with Gasteiger partial charge < -0.3 is 10.1 Å². The molecule has 1 aromatic carbocycles. The lowest BCUT2D eigenvalue weighted by atomic mass is 9.81. The van der Waals surface area contributed by atoms with Crippen molar-refractivity contribution in [2.24, 2.45) is 5.92 Å². The maximum Gasteiger partial charge on any atom is 0.142 e. The molecule has 4 heteroatoms. The number of benzene rings is 1. The van der Waals surface area contributed by atoms with Crippen molar-refractivity contribution in [1.29, 1.82) is 0 Å². The number of hydrogen-bond acceptors (Lipinski definition) is 2. The maximum atomic E-state index is 13.5. The molecule has 0 aliphatic carbocycles. The fourth-order valence-corrected chi connectivity index (χ4v) is 3.61. The zero-order valence-electron chi connectivity index (χ0n) is 11.0. The Morgan fingerprint density at radius 2 is 2.32 bits per heavy atom. The van der Waals surface area contributed by atoms with Crippen LogP contribution in [-0.2, 0) is 11.2 Å². The predicted octanol–water partition coefficient (Wildman–Crippen LogP) is 3.18. The van der Waals surface area contributed by atoms with Gasteiger partial charge in [-0.2, -0.15) is 0 Å². The Labute approximate surface area is 118 Å². The second-order valence-corrected chi connectivity index (χ2v) is 6.03. The molecule has 4 unspecified atom stereocenters. The quantitative estimate of drug-likeness (QED) is 0.916. The SMILES string of the molecule is CNC(Cc1ccc(Cl)c(F)c1)C1CC2CCC1O2. The average Bonchev–Trinajstić information content (AvgIpc) is 3.02. The molecule has 1 aromatic rings. The molecule has 2 nitrogen and oxygen atoms in total. The van der Waals surface area contributed by atoms with Crippen molar-refractivity contribution in [3.63, 3.8) is 0 Å². The minimum atomic E-state index is -0.335. The van der Waals surface area contributed by atoms with Crippen LogP contribution >= 0.6 is 11.6 Å². The van der Waals surface area contributed by atoms with Gasteiger partial charge in [-0.15, -0.1) is 0 Å². The highest BCUT2D eigenvalue weighted by atomic mass is 35.5. The lowest BCUT2D eigenvalue weighted by molar-refractivity contribution is 0.0863. The number of ether oxygens (including phenoxy) is 1. The van der Waals surface area contributed by atoms with Gasteiger partial charge in [-0.05, 0) is 50.4 Å². The third-order valence-corrected chi connectivity index (χ3v) is 4.79. The number of halogens is 2. The van der Waals surface area contributed by atoms with Crippen molar-refractivity contribution < 1.29 is 9.13 Å². The van der Waals surface area contributed by atoms with E-state index in [1.165, 1.54) is 12.8 Å². The summed E-state index contributed by atoms with van der Waals surface area (Å²) >= 11 is 5.72. The standard InChI is InChI=1S/C15H19ClFNO/c1-18-14(11-8-10-3-5-15(11)19-10)7-9-2-4-12(16)13(17)6-9/h2,4,6,10-11,14-15,18H,3,5,7-8H2,1H3. The van der Waals surface area contributed by atoms with Gasteiger partial charge >= 0.3 is 0 Å². The van der Waals surface area contributed by atoms with Crippen molar-refractivity contribution in [1.82, 2.24) is 5.32 Å². The van der Waals surface area contributed by atoms with Crippen LogP contribution in [0, 0.1) is 11.7 Å². The van der Waals surface area contributed by atoms with Gasteiger partial charge in [0.05, 0.1) is 17.2 Å². The summed E-state index contributed by atoms with van der Waals surface area (Å²) in [6.07, 6.45) is 5.16. The average molecular weight is 284 g/mol. The third-order valence-electron chi connectivity index (χ3n) is 4.48. The number of likely N-dealkylation sites (N-methyl/N-ethyl adjacent to an activating group) is 1. The molecule has 2 heterocycles. The molecule has 0 aromatic heterocycles. The first-order valence-corrected chi connectivity index (χ1v) is 7.32. The summed E-state index contributed by atoms with van der Waals surface area (Å²) in [5, 5.41) is 3.56. The Hall–Kier alpha value is -0.640.